The lowest BCUT2D eigenvalue weighted by Gasteiger charge is -2.14. The first kappa shape index (κ1) is 14.9. The zero-order chi connectivity index (χ0) is 11.7. The van der Waals surface area contributed by atoms with Gasteiger partial charge in [0, 0.05) is 36.1 Å². The third-order valence-corrected chi connectivity index (χ3v) is 2.45. The first-order chi connectivity index (χ1) is 7.10. The van der Waals surface area contributed by atoms with Gasteiger partial charge in [-0.3, -0.25) is 9.59 Å². The second-order valence-corrected chi connectivity index (χ2v) is 4.74. The number of halogens is 2. The molecule has 0 saturated heterocycles. The van der Waals surface area contributed by atoms with Gasteiger partial charge in [0.2, 0.25) is 11.8 Å². The maximum absolute atomic E-state index is 11.2. The van der Waals surface area contributed by atoms with Gasteiger partial charge in [-0.2, -0.15) is 0 Å². The van der Waals surface area contributed by atoms with E-state index in [-0.39, 0.29) is 17.9 Å². The van der Waals surface area contributed by atoms with Crippen LogP contribution in [0.5, 0.6) is 0 Å². The van der Waals surface area contributed by atoms with Gasteiger partial charge in [-0.05, 0) is 6.92 Å². The quantitative estimate of drug-likeness (QED) is 0.682. The Morgan fingerprint density at radius 2 is 1.67 bits per heavy atom. The Labute approximate surface area is 107 Å². The standard InChI is InChI=1S/C9H16Br2N2O2/c1-7(13-9(15)3-5-11)6-12-8(14)2-4-10/h7H,2-6H2,1H3,(H,12,14)(H,13,15). The van der Waals surface area contributed by atoms with Gasteiger partial charge in [0.15, 0.2) is 0 Å². The van der Waals surface area contributed by atoms with Crippen LogP contribution in [-0.4, -0.2) is 35.1 Å². The maximum Gasteiger partial charge on any atom is 0.221 e. The van der Waals surface area contributed by atoms with Crippen molar-refractivity contribution in [1.29, 1.82) is 0 Å². The van der Waals surface area contributed by atoms with Crippen molar-refractivity contribution in [3.8, 4) is 0 Å². The van der Waals surface area contributed by atoms with Gasteiger partial charge in [0.05, 0.1) is 0 Å². The van der Waals surface area contributed by atoms with E-state index in [0.29, 0.717) is 30.0 Å². The summed E-state index contributed by atoms with van der Waals surface area (Å²) in [5.41, 5.74) is 0. The van der Waals surface area contributed by atoms with Crippen molar-refractivity contribution in [1.82, 2.24) is 10.6 Å². The van der Waals surface area contributed by atoms with E-state index < -0.39 is 0 Å². The second-order valence-electron chi connectivity index (χ2n) is 3.15. The topological polar surface area (TPSA) is 58.2 Å². The Morgan fingerprint density at radius 1 is 1.13 bits per heavy atom. The molecule has 0 aromatic rings. The molecule has 0 radical (unpaired) electrons. The first-order valence-electron chi connectivity index (χ1n) is 4.78. The van der Waals surface area contributed by atoms with Gasteiger partial charge in [-0.15, -0.1) is 0 Å². The van der Waals surface area contributed by atoms with E-state index in [0.717, 1.165) is 0 Å². The first-order valence-corrected chi connectivity index (χ1v) is 7.02. The molecule has 0 fully saturated rings. The largest absolute Gasteiger partial charge is 0.354 e. The van der Waals surface area contributed by atoms with Gasteiger partial charge < -0.3 is 10.6 Å². The van der Waals surface area contributed by atoms with E-state index in [4.69, 9.17) is 0 Å². The van der Waals surface area contributed by atoms with Crippen molar-refractivity contribution in [3.63, 3.8) is 0 Å². The van der Waals surface area contributed by atoms with Crippen molar-refractivity contribution in [2.24, 2.45) is 0 Å². The SMILES string of the molecule is CC(CNC(=O)CCBr)NC(=O)CCBr. The number of carbonyl (C=O) groups excluding carboxylic acids is 2. The van der Waals surface area contributed by atoms with Crippen LogP contribution >= 0.6 is 31.9 Å². The number of hydrogen-bond donors (Lipinski definition) is 2. The van der Waals surface area contributed by atoms with Crippen molar-refractivity contribution in [2.75, 3.05) is 17.2 Å². The summed E-state index contributed by atoms with van der Waals surface area (Å²) in [5, 5.41) is 6.83. The lowest BCUT2D eigenvalue weighted by molar-refractivity contribution is -0.123. The molecule has 1 atom stereocenters. The summed E-state index contributed by atoms with van der Waals surface area (Å²) in [4.78, 5) is 22.3. The van der Waals surface area contributed by atoms with Crippen LogP contribution in [0.1, 0.15) is 19.8 Å². The van der Waals surface area contributed by atoms with Crippen molar-refractivity contribution >= 4 is 43.7 Å². The fraction of sp³-hybridized carbons (Fsp3) is 0.778. The van der Waals surface area contributed by atoms with Crippen LogP contribution in [0.15, 0.2) is 0 Å². The average Bonchev–Trinajstić information content (AvgIpc) is 2.15. The van der Waals surface area contributed by atoms with Crippen LogP contribution in [0.4, 0.5) is 0 Å². The summed E-state index contributed by atoms with van der Waals surface area (Å²) in [5.74, 6) is -0.0115. The van der Waals surface area contributed by atoms with Crippen LogP contribution in [0.25, 0.3) is 0 Å². The zero-order valence-corrected chi connectivity index (χ0v) is 11.9. The molecule has 0 rings (SSSR count). The predicted octanol–water partition coefficient (Wildman–Crippen LogP) is 1.18. The Hall–Kier alpha value is -0.100. The van der Waals surface area contributed by atoms with Crippen molar-refractivity contribution < 1.29 is 9.59 Å². The lowest BCUT2D eigenvalue weighted by atomic mass is 10.3. The highest BCUT2D eigenvalue weighted by atomic mass is 79.9. The summed E-state index contributed by atoms with van der Waals surface area (Å²) in [6.07, 6.45) is 0.918. The molecule has 0 heterocycles. The number of nitrogens with one attached hydrogen (secondary N) is 2. The number of hydrogen-bond acceptors (Lipinski definition) is 2. The van der Waals surface area contributed by atoms with Crippen LogP contribution < -0.4 is 10.6 Å². The van der Waals surface area contributed by atoms with Gasteiger partial charge in [0.25, 0.3) is 0 Å². The molecule has 1 unspecified atom stereocenters. The third-order valence-electron chi connectivity index (χ3n) is 1.66. The molecule has 0 saturated carbocycles. The van der Waals surface area contributed by atoms with Crippen LogP contribution in [-0.2, 0) is 9.59 Å². The average molecular weight is 344 g/mol. The smallest absolute Gasteiger partial charge is 0.221 e. The molecule has 15 heavy (non-hydrogen) atoms. The molecule has 4 nitrogen and oxygen atoms in total. The Kier molecular flexibility index (Phi) is 9.09. The maximum atomic E-state index is 11.2. The molecular formula is C9H16Br2N2O2. The van der Waals surface area contributed by atoms with Crippen LogP contribution in [0.2, 0.25) is 0 Å². The normalized spacial score (nSPS) is 11.9. The Balaban J connectivity index is 3.60. The monoisotopic (exact) mass is 342 g/mol. The van der Waals surface area contributed by atoms with E-state index in [2.05, 4.69) is 42.5 Å². The minimum Gasteiger partial charge on any atom is -0.354 e. The summed E-state index contributed by atoms with van der Waals surface area (Å²) in [6, 6.07) is -0.0316. The molecule has 0 aromatic carbocycles. The minimum absolute atomic E-state index is 0.00545. The summed E-state index contributed by atoms with van der Waals surface area (Å²) < 4.78 is 0. The molecule has 0 spiro atoms. The molecule has 0 aliphatic rings. The van der Waals surface area contributed by atoms with Crippen molar-refractivity contribution in [2.45, 2.75) is 25.8 Å². The highest BCUT2D eigenvalue weighted by Gasteiger charge is 2.07. The summed E-state index contributed by atoms with van der Waals surface area (Å²) in [6.45, 7) is 2.33. The van der Waals surface area contributed by atoms with Gasteiger partial charge in [-0.25, -0.2) is 0 Å². The second kappa shape index (κ2) is 9.15. The molecule has 6 heteroatoms. The van der Waals surface area contributed by atoms with E-state index >= 15 is 0 Å². The number of carbonyl (C=O) groups is 2. The molecular weight excluding hydrogens is 328 g/mol. The highest BCUT2D eigenvalue weighted by Crippen LogP contribution is 1.90. The zero-order valence-electron chi connectivity index (χ0n) is 8.69. The molecule has 2 amide bonds. The Bertz CT molecular complexity index is 212. The third kappa shape index (κ3) is 8.87. The molecule has 88 valence electrons. The van der Waals surface area contributed by atoms with Crippen LogP contribution in [0.3, 0.4) is 0 Å². The minimum atomic E-state index is -0.0316. The van der Waals surface area contributed by atoms with E-state index in [1.807, 2.05) is 6.92 Å². The van der Waals surface area contributed by atoms with Gasteiger partial charge >= 0.3 is 0 Å². The highest BCUT2D eigenvalue weighted by molar-refractivity contribution is 9.09. The molecule has 0 bridgehead atoms. The van der Waals surface area contributed by atoms with E-state index in [9.17, 15) is 9.59 Å². The fourth-order valence-electron chi connectivity index (χ4n) is 0.925. The van der Waals surface area contributed by atoms with Crippen molar-refractivity contribution in [3.05, 3.63) is 0 Å². The van der Waals surface area contributed by atoms with Gasteiger partial charge in [0.1, 0.15) is 0 Å². The number of alkyl halides is 2. The molecule has 2 N–H and O–H groups in total. The predicted molar refractivity (Wildman–Crippen MR) is 67.4 cm³/mol. The molecule has 0 aliphatic carbocycles. The van der Waals surface area contributed by atoms with E-state index in [1.165, 1.54) is 0 Å². The number of amides is 2. The molecule has 0 aromatic heterocycles. The number of rotatable bonds is 7. The Morgan fingerprint density at radius 3 is 2.20 bits per heavy atom. The summed E-state index contributed by atoms with van der Waals surface area (Å²) >= 11 is 6.37. The van der Waals surface area contributed by atoms with Crippen LogP contribution in [0, 0.1) is 0 Å². The van der Waals surface area contributed by atoms with E-state index in [1.54, 1.807) is 0 Å². The lowest BCUT2D eigenvalue weighted by Crippen LogP contribution is -2.41. The molecule has 0 aliphatic heterocycles. The summed E-state index contributed by atoms with van der Waals surface area (Å²) in [7, 11) is 0. The fourth-order valence-corrected chi connectivity index (χ4v) is 1.65. The van der Waals surface area contributed by atoms with Gasteiger partial charge in [-0.1, -0.05) is 31.9 Å².